The number of carbonyl (C=O) groups is 1. The molecule has 0 aliphatic rings. The highest BCUT2D eigenvalue weighted by Gasteiger charge is 2.14. The number of pyridine rings is 1. The number of carboxylic acid groups (broad SMARTS) is 1. The molecule has 0 unspecified atom stereocenters. The van der Waals surface area contributed by atoms with Crippen LogP contribution in [0, 0.1) is 12.7 Å². The summed E-state index contributed by atoms with van der Waals surface area (Å²) in [5.41, 5.74) is 1.59. The maximum Gasteiger partial charge on any atom is 0.335 e. The minimum absolute atomic E-state index is 0.102. The van der Waals surface area contributed by atoms with Crippen molar-refractivity contribution in [3.05, 3.63) is 64.6 Å². The van der Waals surface area contributed by atoms with Crippen LogP contribution in [0.25, 0.3) is 22.0 Å². The first-order valence-corrected chi connectivity index (χ1v) is 6.93. The van der Waals surface area contributed by atoms with E-state index in [1.54, 1.807) is 25.1 Å². The van der Waals surface area contributed by atoms with Crippen molar-refractivity contribution in [2.45, 2.75) is 6.92 Å². The molecule has 0 radical (unpaired) electrons. The Kier molecular flexibility index (Phi) is 3.54. The lowest BCUT2D eigenvalue weighted by molar-refractivity contribution is 0.0697. The normalized spacial score (nSPS) is 10.9. The van der Waals surface area contributed by atoms with Crippen molar-refractivity contribution in [3.63, 3.8) is 0 Å². The molecule has 0 atom stereocenters. The van der Waals surface area contributed by atoms with E-state index in [9.17, 15) is 9.18 Å². The molecular formula is C17H11ClFNO2. The van der Waals surface area contributed by atoms with Crippen LogP contribution in [0.5, 0.6) is 0 Å². The third kappa shape index (κ3) is 2.42. The molecule has 0 aliphatic carbocycles. The van der Waals surface area contributed by atoms with Crippen molar-refractivity contribution in [2.24, 2.45) is 0 Å². The fourth-order valence-corrected chi connectivity index (χ4v) is 2.58. The van der Waals surface area contributed by atoms with Crippen molar-refractivity contribution in [1.29, 1.82) is 0 Å². The number of hydrogen-bond donors (Lipinski definition) is 1. The van der Waals surface area contributed by atoms with Gasteiger partial charge < -0.3 is 5.11 Å². The topological polar surface area (TPSA) is 50.2 Å². The Labute approximate surface area is 131 Å². The summed E-state index contributed by atoms with van der Waals surface area (Å²) in [7, 11) is 0. The Hall–Kier alpha value is -2.46. The molecule has 1 heterocycles. The molecule has 1 N–H and O–H groups in total. The van der Waals surface area contributed by atoms with Gasteiger partial charge in [0.25, 0.3) is 0 Å². The monoisotopic (exact) mass is 315 g/mol. The minimum Gasteiger partial charge on any atom is -0.478 e. The number of halogens is 2. The van der Waals surface area contributed by atoms with Crippen LogP contribution in [-0.4, -0.2) is 16.1 Å². The van der Waals surface area contributed by atoms with Crippen LogP contribution in [0.2, 0.25) is 5.02 Å². The third-order valence-electron chi connectivity index (χ3n) is 3.47. The van der Waals surface area contributed by atoms with Crippen molar-refractivity contribution < 1.29 is 14.3 Å². The number of nitrogens with zero attached hydrogens (tertiary/aromatic N) is 1. The van der Waals surface area contributed by atoms with Crippen LogP contribution >= 0.6 is 11.6 Å². The molecule has 0 spiro atoms. The van der Waals surface area contributed by atoms with Crippen LogP contribution in [0.15, 0.2) is 42.6 Å². The van der Waals surface area contributed by atoms with E-state index in [-0.39, 0.29) is 5.56 Å². The van der Waals surface area contributed by atoms with Gasteiger partial charge in [-0.1, -0.05) is 23.7 Å². The van der Waals surface area contributed by atoms with Gasteiger partial charge in [0.15, 0.2) is 0 Å². The van der Waals surface area contributed by atoms with Crippen LogP contribution in [0.3, 0.4) is 0 Å². The lowest BCUT2D eigenvalue weighted by Crippen LogP contribution is -1.97. The summed E-state index contributed by atoms with van der Waals surface area (Å²) < 4.78 is 14.2. The standard InChI is InChI=1S/C17H11ClFNO2/c1-9-2-4-12(15(19)6-9)16-13-7-10(17(21)22)3-5-11(13)14(18)8-20-16/h2-8H,1H3,(H,21,22). The Morgan fingerprint density at radius 2 is 1.95 bits per heavy atom. The molecule has 2 aromatic carbocycles. The first kappa shape index (κ1) is 14.5. The van der Waals surface area contributed by atoms with Crippen molar-refractivity contribution >= 4 is 28.3 Å². The molecular weight excluding hydrogens is 305 g/mol. The van der Waals surface area contributed by atoms with Gasteiger partial charge in [-0.25, -0.2) is 9.18 Å². The maximum absolute atomic E-state index is 14.2. The number of aromatic nitrogens is 1. The highest BCUT2D eigenvalue weighted by Crippen LogP contribution is 2.33. The summed E-state index contributed by atoms with van der Waals surface area (Å²) in [4.78, 5) is 15.4. The molecule has 110 valence electrons. The highest BCUT2D eigenvalue weighted by atomic mass is 35.5. The molecule has 0 saturated heterocycles. The van der Waals surface area contributed by atoms with E-state index >= 15 is 0 Å². The first-order chi connectivity index (χ1) is 10.5. The maximum atomic E-state index is 14.2. The number of aryl methyl sites for hydroxylation is 1. The number of hydrogen-bond acceptors (Lipinski definition) is 2. The van der Waals surface area contributed by atoms with Crippen molar-refractivity contribution in [1.82, 2.24) is 4.98 Å². The average molecular weight is 316 g/mol. The van der Waals surface area contributed by atoms with Gasteiger partial charge in [0, 0.05) is 22.5 Å². The molecule has 0 saturated carbocycles. The van der Waals surface area contributed by atoms with Crippen LogP contribution in [0.4, 0.5) is 4.39 Å². The lowest BCUT2D eigenvalue weighted by Gasteiger charge is -2.10. The van der Waals surface area contributed by atoms with E-state index in [1.807, 2.05) is 0 Å². The summed E-state index contributed by atoms with van der Waals surface area (Å²) in [6, 6.07) is 9.36. The number of carboxylic acids is 1. The van der Waals surface area contributed by atoms with Crippen molar-refractivity contribution in [2.75, 3.05) is 0 Å². The first-order valence-electron chi connectivity index (χ1n) is 6.55. The Morgan fingerprint density at radius 1 is 1.18 bits per heavy atom. The molecule has 1 aromatic heterocycles. The average Bonchev–Trinajstić information content (AvgIpc) is 2.48. The lowest BCUT2D eigenvalue weighted by atomic mass is 10.0. The summed E-state index contributed by atoms with van der Waals surface area (Å²) in [5, 5.41) is 10.7. The van der Waals surface area contributed by atoms with Gasteiger partial charge in [0.2, 0.25) is 0 Å². The highest BCUT2D eigenvalue weighted by molar-refractivity contribution is 6.35. The molecule has 0 fully saturated rings. The predicted octanol–water partition coefficient (Wildman–Crippen LogP) is 4.70. The van der Waals surface area contributed by atoms with Gasteiger partial charge >= 0.3 is 5.97 Å². The number of aromatic carboxylic acids is 1. The summed E-state index contributed by atoms with van der Waals surface area (Å²) in [6.45, 7) is 1.79. The zero-order chi connectivity index (χ0) is 15.9. The predicted molar refractivity (Wildman–Crippen MR) is 83.8 cm³/mol. The van der Waals surface area contributed by atoms with Gasteiger partial charge in [-0.2, -0.15) is 0 Å². The van der Waals surface area contributed by atoms with Gasteiger partial charge in [0.1, 0.15) is 5.82 Å². The van der Waals surface area contributed by atoms with Crippen molar-refractivity contribution in [3.8, 4) is 11.3 Å². The molecule has 3 nitrogen and oxygen atoms in total. The Balaban J connectivity index is 2.35. The third-order valence-corrected chi connectivity index (χ3v) is 3.77. The molecule has 0 amide bonds. The number of rotatable bonds is 2. The van der Waals surface area contributed by atoms with Gasteiger partial charge in [-0.15, -0.1) is 0 Å². The second-order valence-electron chi connectivity index (χ2n) is 5.00. The zero-order valence-corrected chi connectivity index (χ0v) is 12.4. The van der Waals surface area contributed by atoms with Gasteiger partial charge in [-0.05, 0) is 36.8 Å². The molecule has 5 heteroatoms. The van der Waals surface area contributed by atoms with Gasteiger partial charge in [0.05, 0.1) is 16.3 Å². The Bertz CT molecular complexity index is 909. The summed E-state index contributed by atoms with van der Waals surface area (Å²) in [5.74, 6) is -1.46. The van der Waals surface area contributed by atoms with Gasteiger partial charge in [-0.3, -0.25) is 4.98 Å². The van der Waals surface area contributed by atoms with Crippen LogP contribution in [-0.2, 0) is 0 Å². The SMILES string of the molecule is Cc1ccc(-c2ncc(Cl)c3ccc(C(=O)O)cc23)c(F)c1. The molecule has 0 bridgehead atoms. The molecule has 3 rings (SSSR count). The zero-order valence-electron chi connectivity index (χ0n) is 11.6. The van der Waals surface area contributed by atoms with E-state index in [0.717, 1.165) is 5.56 Å². The molecule has 0 aliphatic heterocycles. The minimum atomic E-state index is -1.06. The smallest absolute Gasteiger partial charge is 0.335 e. The van der Waals surface area contributed by atoms with E-state index in [2.05, 4.69) is 4.98 Å². The quantitative estimate of drug-likeness (QED) is 0.745. The molecule has 22 heavy (non-hydrogen) atoms. The summed E-state index contributed by atoms with van der Waals surface area (Å²) >= 11 is 6.11. The number of benzene rings is 2. The fourth-order valence-electron chi connectivity index (χ4n) is 2.37. The van der Waals surface area contributed by atoms with E-state index in [0.29, 0.717) is 27.1 Å². The fraction of sp³-hybridized carbons (Fsp3) is 0.0588. The van der Waals surface area contributed by atoms with E-state index < -0.39 is 11.8 Å². The second-order valence-corrected chi connectivity index (χ2v) is 5.41. The van der Waals surface area contributed by atoms with Crippen LogP contribution in [0.1, 0.15) is 15.9 Å². The van der Waals surface area contributed by atoms with Crippen LogP contribution < -0.4 is 0 Å². The largest absolute Gasteiger partial charge is 0.478 e. The second kappa shape index (κ2) is 5.39. The Morgan fingerprint density at radius 3 is 2.64 bits per heavy atom. The molecule has 3 aromatic rings. The number of fused-ring (bicyclic) bond motifs is 1. The van der Waals surface area contributed by atoms with E-state index in [4.69, 9.17) is 16.7 Å². The summed E-state index contributed by atoms with van der Waals surface area (Å²) in [6.07, 6.45) is 1.44. The van der Waals surface area contributed by atoms with E-state index in [1.165, 1.54) is 24.4 Å².